The highest BCUT2D eigenvalue weighted by atomic mass is 32.1. The third kappa shape index (κ3) is 5.06. The molecule has 14 heteroatoms. The summed E-state index contributed by atoms with van der Waals surface area (Å²) in [6.07, 6.45) is 1.62. The fraction of sp³-hybridized carbons (Fsp3) is 0.429. The maximum Gasteiger partial charge on any atom is 0.258 e. The van der Waals surface area contributed by atoms with Gasteiger partial charge in [0.25, 0.3) is 6.04 Å². The number of aryl methyl sites for hydroxylation is 1. The second kappa shape index (κ2) is 11.3. The molecule has 1 aromatic carbocycles. The van der Waals surface area contributed by atoms with Crippen molar-refractivity contribution in [3.8, 4) is 17.3 Å². The molecule has 2 fully saturated rings. The Labute approximate surface area is 250 Å². The molecule has 4 aromatic rings. The number of aromatic nitrogens is 4. The number of carbonyl (C=O) groups excluding carboxylic acids is 1. The van der Waals surface area contributed by atoms with Gasteiger partial charge in [0.1, 0.15) is 22.5 Å². The number of halogens is 1. The summed E-state index contributed by atoms with van der Waals surface area (Å²) in [5.74, 6) is 0.530. The van der Waals surface area contributed by atoms with Crippen LogP contribution in [0.4, 0.5) is 20.5 Å². The van der Waals surface area contributed by atoms with Crippen LogP contribution in [0.5, 0.6) is 0 Å². The normalized spacial score (nSPS) is 17.1. The zero-order valence-corrected chi connectivity index (χ0v) is 25.1. The van der Waals surface area contributed by atoms with E-state index >= 15 is 0 Å². The Balaban J connectivity index is 1.20. The van der Waals surface area contributed by atoms with Gasteiger partial charge in [-0.15, -0.1) is 5.10 Å². The molecule has 5 heterocycles. The van der Waals surface area contributed by atoms with Crippen molar-refractivity contribution in [1.29, 1.82) is 5.26 Å². The van der Waals surface area contributed by atoms with Crippen LogP contribution in [0.2, 0.25) is 0 Å². The van der Waals surface area contributed by atoms with Gasteiger partial charge in [-0.05, 0) is 44.2 Å². The van der Waals surface area contributed by atoms with E-state index in [0.29, 0.717) is 47.3 Å². The van der Waals surface area contributed by atoms with Crippen molar-refractivity contribution >= 4 is 49.6 Å². The van der Waals surface area contributed by atoms with Crippen LogP contribution < -0.4 is 9.80 Å². The maximum atomic E-state index is 13.5. The van der Waals surface area contributed by atoms with Gasteiger partial charge < -0.3 is 19.5 Å². The van der Waals surface area contributed by atoms with Crippen LogP contribution in [0, 0.1) is 23.7 Å². The molecule has 0 bridgehead atoms. The molecule has 6 rings (SSSR count). The molecule has 1 amide bonds. The van der Waals surface area contributed by atoms with Gasteiger partial charge in [-0.3, -0.25) is 9.69 Å². The van der Waals surface area contributed by atoms with E-state index in [1.165, 1.54) is 34.8 Å². The molecule has 2 aliphatic rings. The third-order valence-corrected chi connectivity index (χ3v) is 9.86. The van der Waals surface area contributed by atoms with Gasteiger partial charge in [-0.2, -0.15) is 9.78 Å². The number of fused-ring (bicyclic) bond motifs is 1. The Morgan fingerprint density at radius 1 is 1.21 bits per heavy atom. The highest BCUT2D eigenvalue weighted by Gasteiger charge is 2.37. The van der Waals surface area contributed by atoms with Crippen molar-refractivity contribution in [1.82, 2.24) is 29.4 Å². The van der Waals surface area contributed by atoms with Gasteiger partial charge in [0.05, 0.1) is 25.3 Å². The first kappa shape index (κ1) is 28.0. The summed E-state index contributed by atoms with van der Waals surface area (Å²) in [6, 6.07) is 8.39. The Hall–Kier alpha value is -4.11. The monoisotopic (exact) mass is 604 g/mol. The number of carbonyl (C=O) groups is 1. The van der Waals surface area contributed by atoms with Crippen molar-refractivity contribution in [3.63, 3.8) is 0 Å². The van der Waals surface area contributed by atoms with E-state index < -0.39 is 0 Å². The van der Waals surface area contributed by atoms with Crippen LogP contribution in [0.25, 0.3) is 21.1 Å². The van der Waals surface area contributed by atoms with Crippen molar-refractivity contribution in [2.45, 2.75) is 31.8 Å². The van der Waals surface area contributed by atoms with Crippen molar-refractivity contribution < 1.29 is 9.18 Å². The second-order valence-electron chi connectivity index (χ2n) is 10.6. The van der Waals surface area contributed by atoms with Gasteiger partial charge in [-0.25, -0.2) is 20.9 Å². The SMILES string of the molecule is [C-]#[N+]C1CN(C(=O)CN(C)[C@H]2CCN(c3nn4c(N(C)c5nc(-c6ccc(F)cc6)c(C#N)s5)c(CC)nc4s3)C2)C1. The molecule has 0 aliphatic carbocycles. The minimum atomic E-state index is -0.342. The van der Waals surface area contributed by atoms with E-state index in [2.05, 4.69) is 20.7 Å². The number of rotatable bonds is 8. The minimum Gasteiger partial charge on any atom is -0.345 e. The highest BCUT2D eigenvalue weighted by molar-refractivity contribution is 7.20. The van der Waals surface area contributed by atoms with Gasteiger partial charge in [-0.1, -0.05) is 29.6 Å². The summed E-state index contributed by atoms with van der Waals surface area (Å²) in [6.45, 7) is 12.1. The molecule has 0 N–H and O–H groups in total. The summed E-state index contributed by atoms with van der Waals surface area (Å²) in [5.41, 5.74) is 2.08. The molecule has 216 valence electrons. The zero-order chi connectivity index (χ0) is 29.5. The summed E-state index contributed by atoms with van der Waals surface area (Å²) in [4.78, 5) is 35.0. The minimum absolute atomic E-state index is 0.0527. The molecule has 42 heavy (non-hydrogen) atoms. The Bertz CT molecular complexity index is 1710. The number of hydrogen-bond donors (Lipinski definition) is 0. The van der Waals surface area contributed by atoms with Crippen LogP contribution >= 0.6 is 22.7 Å². The molecule has 3 aromatic heterocycles. The van der Waals surface area contributed by atoms with Crippen LogP contribution in [-0.4, -0.2) is 94.2 Å². The van der Waals surface area contributed by atoms with Crippen molar-refractivity contribution in [2.24, 2.45) is 0 Å². The van der Waals surface area contributed by atoms with E-state index in [0.717, 1.165) is 41.1 Å². The van der Waals surface area contributed by atoms with Gasteiger partial charge >= 0.3 is 0 Å². The number of amides is 1. The largest absolute Gasteiger partial charge is 0.345 e. The van der Waals surface area contributed by atoms with Gasteiger partial charge in [0.15, 0.2) is 10.9 Å². The number of likely N-dealkylation sites (tertiary alicyclic amines) is 1. The molecule has 11 nitrogen and oxygen atoms in total. The molecule has 0 spiro atoms. The average molecular weight is 605 g/mol. The molecular weight excluding hydrogens is 576 g/mol. The summed E-state index contributed by atoms with van der Waals surface area (Å²) < 4.78 is 15.3. The molecule has 0 saturated carbocycles. The second-order valence-corrected chi connectivity index (χ2v) is 12.5. The molecule has 0 radical (unpaired) electrons. The molecule has 1 atom stereocenters. The first-order valence-corrected chi connectivity index (χ1v) is 15.3. The lowest BCUT2D eigenvalue weighted by Gasteiger charge is -2.34. The van der Waals surface area contributed by atoms with Crippen LogP contribution in [0.3, 0.4) is 0 Å². The van der Waals surface area contributed by atoms with E-state index in [4.69, 9.17) is 21.6 Å². The molecular formula is C28H29FN10OS2. The van der Waals surface area contributed by atoms with E-state index in [1.54, 1.807) is 17.0 Å². The Morgan fingerprint density at radius 3 is 2.67 bits per heavy atom. The Morgan fingerprint density at radius 2 is 1.98 bits per heavy atom. The number of likely N-dealkylation sites (N-methyl/N-ethyl adjacent to an activating group) is 1. The van der Waals surface area contributed by atoms with E-state index in [9.17, 15) is 14.4 Å². The maximum absolute atomic E-state index is 13.5. The summed E-state index contributed by atoms with van der Waals surface area (Å²) in [5, 5.41) is 16.2. The lowest BCUT2D eigenvalue weighted by atomic mass is 10.1. The topological polar surface area (TPSA) is 101 Å². The lowest BCUT2D eigenvalue weighted by molar-refractivity contribution is -0.136. The molecule has 2 aliphatic heterocycles. The van der Waals surface area contributed by atoms with Gasteiger partial charge in [0, 0.05) is 31.7 Å². The average Bonchev–Trinajstić information content (AvgIpc) is 3.74. The number of hydrogen-bond acceptors (Lipinski definition) is 10. The van der Waals surface area contributed by atoms with Gasteiger partial charge in [0.2, 0.25) is 16.0 Å². The number of benzene rings is 1. The number of nitrogens with zero attached hydrogens (tertiary/aromatic N) is 10. The zero-order valence-electron chi connectivity index (χ0n) is 23.5. The smallest absolute Gasteiger partial charge is 0.258 e. The molecule has 0 unspecified atom stereocenters. The highest BCUT2D eigenvalue weighted by Crippen LogP contribution is 2.38. The van der Waals surface area contributed by atoms with Crippen LogP contribution in [0.15, 0.2) is 24.3 Å². The summed E-state index contributed by atoms with van der Waals surface area (Å²) in [7, 11) is 3.88. The van der Waals surface area contributed by atoms with E-state index in [-0.39, 0.29) is 23.8 Å². The third-order valence-electron chi connectivity index (χ3n) is 7.85. The quantitative estimate of drug-likeness (QED) is 0.279. The van der Waals surface area contributed by atoms with Crippen LogP contribution in [-0.2, 0) is 11.2 Å². The summed E-state index contributed by atoms with van der Waals surface area (Å²) >= 11 is 2.80. The Kier molecular flexibility index (Phi) is 7.53. The fourth-order valence-corrected chi connectivity index (χ4v) is 7.15. The number of thiazole rings is 1. The number of nitriles is 1. The first-order chi connectivity index (χ1) is 20.3. The van der Waals surface area contributed by atoms with E-state index in [1.807, 2.05) is 30.4 Å². The predicted molar refractivity (Wildman–Crippen MR) is 161 cm³/mol. The van der Waals surface area contributed by atoms with Crippen molar-refractivity contribution in [3.05, 3.63) is 52.1 Å². The first-order valence-electron chi connectivity index (χ1n) is 13.7. The number of imidazole rings is 1. The standard InChI is InChI=1S/C28H29FN10OS2/c1-5-21-25(36(4)26-33-24(22(12-30)41-26)17-6-8-18(29)9-7-17)39-27(32-21)42-28(34-39)37-11-10-20(15-37)35(3)16-23(40)38-13-19(14-38)31-2/h6-9,19-20H,5,10-11,13-16H2,1,3-4H3/t20-/m0/s1. The van der Waals surface area contributed by atoms with Crippen molar-refractivity contribution in [2.75, 3.05) is 56.6 Å². The van der Waals surface area contributed by atoms with Crippen LogP contribution in [0.1, 0.15) is 23.9 Å². The lowest BCUT2D eigenvalue weighted by Crippen LogP contribution is -2.55. The number of anilines is 3. The molecule has 2 saturated heterocycles. The predicted octanol–water partition coefficient (Wildman–Crippen LogP) is 3.90. The fourth-order valence-electron chi connectivity index (χ4n) is 5.35.